The molecule has 0 spiro atoms. The zero-order valence-corrected chi connectivity index (χ0v) is 10.4. The summed E-state index contributed by atoms with van der Waals surface area (Å²) in [4.78, 5) is 10.3. The van der Waals surface area contributed by atoms with Crippen molar-refractivity contribution in [3.8, 4) is 0 Å². The lowest BCUT2D eigenvalue weighted by Gasteiger charge is -2.03. The van der Waals surface area contributed by atoms with Gasteiger partial charge in [0, 0.05) is 18.6 Å². The smallest absolute Gasteiger partial charge is 0.330 e. The second-order valence-corrected chi connectivity index (χ2v) is 4.21. The van der Waals surface area contributed by atoms with E-state index in [0.717, 1.165) is 5.56 Å². The first-order valence-corrected chi connectivity index (χ1v) is 5.60. The summed E-state index contributed by atoms with van der Waals surface area (Å²) in [7, 11) is 1.64. The number of anilines is 1. The number of rotatable bonds is 4. The fraction of sp³-hybridized carbons (Fsp3) is 0.182. The van der Waals surface area contributed by atoms with Crippen LogP contribution in [0.3, 0.4) is 0 Å². The number of hydrogen-bond acceptors (Lipinski definition) is 4. The minimum absolute atomic E-state index is 0.0421. The van der Waals surface area contributed by atoms with Gasteiger partial charge in [-0.2, -0.15) is 0 Å². The first kappa shape index (κ1) is 12.4. The van der Waals surface area contributed by atoms with Gasteiger partial charge >= 0.3 is 5.69 Å². The number of nitro groups is 1. The minimum atomic E-state index is -0.465. The van der Waals surface area contributed by atoms with E-state index in [9.17, 15) is 10.1 Å². The van der Waals surface area contributed by atoms with Crippen LogP contribution in [-0.4, -0.2) is 14.7 Å². The van der Waals surface area contributed by atoms with Crippen molar-refractivity contribution in [2.24, 2.45) is 7.05 Å². The van der Waals surface area contributed by atoms with E-state index in [0.29, 0.717) is 11.6 Å². The zero-order valence-electron chi connectivity index (χ0n) is 9.63. The van der Waals surface area contributed by atoms with Gasteiger partial charge in [0.2, 0.25) is 5.82 Å². The molecule has 7 heteroatoms. The standard InChI is InChI=1S/C11H11ClN4O2/c1-15-7-10(16(17)18)11(14-15)13-6-8-3-2-4-9(12)5-8/h2-5,7H,6H2,1H3,(H,13,14). The molecule has 1 N–H and O–H groups in total. The fourth-order valence-corrected chi connectivity index (χ4v) is 1.78. The summed E-state index contributed by atoms with van der Waals surface area (Å²) in [5.41, 5.74) is 0.891. The molecule has 0 saturated heterocycles. The van der Waals surface area contributed by atoms with Gasteiger partial charge in [0.1, 0.15) is 6.20 Å². The van der Waals surface area contributed by atoms with Crippen molar-refractivity contribution in [2.45, 2.75) is 6.54 Å². The Morgan fingerprint density at radius 1 is 1.56 bits per heavy atom. The summed E-state index contributed by atoms with van der Waals surface area (Å²) in [5, 5.41) is 18.3. The Hall–Kier alpha value is -2.08. The molecule has 18 heavy (non-hydrogen) atoms. The Kier molecular flexibility index (Phi) is 3.47. The highest BCUT2D eigenvalue weighted by Gasteiger charge is 2.17. The number of nitrogens with one attached hydrogen (secondary N) is 1. The van der Waals surface area contributed by atoms with Crippen molar-refractivity contribution in [2.75, 3.05) is 5.32 Å². The van der Waals surface area contributed by atoms with Crippen molar-refractivity contribution in [1.29, 1.82) is 0 Å². The SMILES string of the molecule is Cn1cc([N+](=O)[O-])c(NCc2cccc(Cl)c2)n1. The molecule has 0 fully saturated rings. The van der Waals surface area contributed by atoms with Gasteiger partial charge in [-0.1, -0.05) is 23.7 Å². The third kappa shape index (κ3) is 2.78. The molecule has 94 valence electrons. The number of hydrogen-bond donors (Lipinski definition) is 1. The van der Waals surface area contributed by atoms with Crippen molar-refractivity contribution in [1.82, 2.24) is 9.78 Å². The number of aromatic nitrogens is 2. The van der Waals surface area contributed by atoms with Crippen LogP contribution in [0.1, 0.15) is 5.56 Å². The third-order valence-electron chi connectivity index (χ3n) is 2.36. The topological polar surface area (TPSA) is 73.0 Å². The number of nitrogens with zero attached hydrogens (tertiary/aromatic N) is 3. The van der Waals surface area contributed by atoms with Crippen LogP contribution in [0.4, 0.5) is 11.5 Å². The van der Waals surface area contributed by atoms with Crippen LogP contribution in [0, 0.1) is 10.1 Å². The molecule has 1 aromatic carbocycles. The van der Waals surface area contributed by atoms with Crippen molar-refractivity contribution < 1.29 is 4.92 Å². The van der Waals surface area contributed by atoms with E-state index in [1.54, 1.807) is 19.2 Å². The van der Waals surface area contributed by atoms with E-state index < -0.39 is 4.92 Å². The quantitative estimate of drug-likeness (QED) is 0.682. The molecule has 0 bridgehead atoms. The number of aryl methyl sites for hydroxylation is 1. The molecule has 0 aliphatic rings. The molecule has 1 aromatic heterocycles. The van der Waals surface area contributed by atoms with E-state index >= 15 is 0 Å². The van der Waals surface area contributed by atoms with Gasteiger partial charge in [0.15, 0.2) is 0 Å². The summed E-state index contributed by atoms with van der Waals surface area (Å²) in [6, 6.07) is 7.28. The van der Waals surface area contributed by atoms with Gasteiger partial charge in [-0.05, 0) is 17.7 Å². The van der Waals surface area contributed by atoms with E-state index in [1.807, 2.05) is 12.1 Å². The van der Waals surface area contributed by atoms with Crippen LogP contribution in [-0.2, 0) is 13.6 Å². The maximum atomic E-state index is 10.8. The van der Waals surface area contributed by atoms with Gasteiger partial charge in [-0.25, -0.2) is 0 Å². The Morgan fingerprint density at radius 2 is 2.33 bits per heavy atom. The predicted octanol–water partition coefficient (Wildman–Crippen LogP) is 2.59. The number of benzene rings is 1. The molecule has 0 saturated carbocycles. The monoisotopic (exact) mass is 266 g/mol. The zero-order chi connectivity index (χ0) is 13.1. The largest absolute Gasteiger partial charge is 0.359 e. The molecule has 2 rings (SSSR count). The second kappa shape index (κ2) is 5.05. The number of halogens is 1. The molecule has 0 radical (unpaired) electrons. The van der Waals surface area contributed by atoms with Gasteiger partial charge in [0.25, 0.3) is 0 Å². The van der Waals surface area contributed by atoms with Crippen molar-refractivity contribution in [3.63, 3.8) is 0 Å². The predicted molar refractivity (Wildman–Crippen MR) is 68.6 cm³/mol. The van der Waals surface area contributed by atoms with E-state index in [1.165, 1.54) is 10.9 Å². The minimum Gasteiger partial charge on any atom is -0.359 e. The van der Waals surface area contributed by atoms with Crippen LogP contribution in [0.5, 0.6) is 0 Å². The molecule has 2 aromatic rings. The maximum absolute atomic E-state index is 10.8. The molecule has 0 unspecified atom stereocenters. The van der Waals surface area contributed by atoms with Gasteiger partial charge in [-0.3, -0.25) is 14.8 Å². The van der Waals surface area contributed by atoms with Crippen molar-refractivity contribution in [3.05, 3.63) is 51.2 Å². The third-order valence-corrected chi connectivity index (χ3v) is 2.59. The van der Waals surface area contributed by atoms with Crippen molar-refractivity contribution >= 4 is 23.1 Å². The maximum Gasteiger partial charge on any atom is 0.330 e. The van der Waals surface area contributed by atoms with Crippen LogP contribution < -0.4 is 5.32 Å². The average Bonchev–Trinajstić information content (AvgIpc) is 2.68. The normalized spacial score (nSPS) is 10.3. The molecule has 0 amide bonds. The molecule has 6 nitrogen and oxygen atoms in total. The molecule has 1 heterocycles. The fourth-order valence-electron chi connectivity index (χ4n) is 1.57. The summed E-state index contributed by atoms with van der Waals surface area (Å²) in [6.07, 6.45) is 1.36. The van der Waals surface area contributed by atoms with Gasteiger partial charge < -0.3 is 5.32 Å². The van der Waals surface area contributed by atoms with Crippen LogP contribution in [0.2, 0.25) is 5.02 Å². The first-order chi connectivity index (χ1) is 8.56. The van der Waals surface area contributed by atoms with Crippen LogP contribution in [0.25, 0.3) is 0 Å². The summed E-state index contributed by atoms with van der Waals surface area (Å²) >= 11 is 5.86. The lowest BCUT2D eigenvalue weighted by molar-refractivity contribution is -0.384. The Morgan fingerprint density at radius 3 is 3.00 bits per heavy atom. The molecular weight excluding hydrogens is 256 g/mol. The molecule has 0 aliphatic heterocycles. The molecule has 0 aliphatic carbocycles. The second-order valence-electron chi connectivity index (χ2n) is 3.78. The summed E-state index contributed by atoms with van der Waals surface area (Å²) in [5.74, 6) is 0.252. The lowest BCUT2D eigenvalue weighted by Crippen LogP contribution is -2.02. The van der Waals surface area contributed by atoms with E-state index in [-0.39, 0.29) is 11.5 Å². The highest BCUT2D eigenvalue weighted by atomic mass is 35.5. The lowest BCUT2D eigenvalue weighted by atomic mass is 10.2. The Labute approximate surface area is 108 Å². The van der Waals surface area contributed by atoms with Gasteiger partial charge in [0.05, 0.1) is 4.92 Å². The average molecular weight is 267 g/mol. The van der Waals surface area contributed by atoms with E-state index in [4.69, 9.17) is 11.6 Å². The molecule has 0 atom stereocenters. The Balaban J connectivity index is 2.13. The highest BCUT2D eigenvalue weighted by molar-refractivity contribution is 6.30. The summed E-state index contributed by atoms with van der Waals surface area (Å²) in [6.45, 7) is 0.429. The van der Waals surface area contributed by atoms with Crippen LogP contribution in [0.15, 0.2) is 30.5 Å². The first-order valence-electron chi connectivity index (χ1n) is 5.22. The Bertz CT molecular complexity index is 582. The van der Waals surface area contributed by atoms with Gasteiger partial charge in [-0.15, -0.1) is 5.10 Å². The molecular formula is C11H11ClN4O2. The summed E-state index contributed by atoms with van der Waals surface area (Å²) < 4.78 is 1.40. The van der Waals surface area contributed by atoms with Crippen LogP contribution >= 0.6 is 11.6 Å². The van der Waals surface area contributed by atoms with E-state index in [2.05, 4.69) is 10.4 Å². The highest BCUT2D eigenvalue weighted by Crippen LogP contribution is 2.22.